The fourth-order valence-corrected chi connectivity index (χ4v) is 3.23. The molecule has 1 aliphatic heterocycles. The molecule has 7 N–H and O–H groups in total. The third-order valence-electron chi connectivity index (χ3n) is 4.83. The van der Waals surface area contributed by atoms with E-state index in [1.54, 1.807) is 0 Å². The molecular weight excluding hydrogens is 416 g/mol. The molecule has 164 valence electrons. The number of hydrogen-bond acceptors (Lipinski definition) is 11. The van der Waals surface area contributed by atoms with Crippen molar-refractivity contribution < 1.29 is 49.6 Å². The zero-order valence-corrected chi connectivity index (χ0v) is 15.7. The van der Waals surface area contributed by atoms with E-state index in [2.05, 4.69) is 0 Å². The molecular formula is C20H18O11. The van der Waals surface area contributed by atoms with Crippen molar-refractivity contribution in [1.29, 1.82) is 0 Å². The van der Waals surface area contributed by atoms with Crippen LogP contribution in [0.4, 0.5) is 0 Å². The first-order chi connectivity index (χ1) is 14.7. The Kier molecular flexibility index (Phi) is 5.11. The van der Waals surface area contributed by atoms with Gasteiger partial charge in [-0.05, 0) is 12.1 Å². The van der Waals surface area contributed by atoms with E-state index in [0.29, 0.717) is 0 Å². The molecule has 0 radical (unpaired) electrons. The Balaban J connectivity index is 1.76. The first kappa shape index (κ1) is 20.8. The molecule has 3 aromatic rings. The Bertz CT molecular complexity index is 1200. The third-order valence-corrected chi connectivity index (χ3v) is 4.83. The topological polar surface area (TPSA) is 190 Å². The summed E-state index contributed by atoms with van der Waals surface area (Å²) >= 11 is 0. The van der Waals surface area contributed by atoms with Crippen LogP contribution in [-0.2, 0) is 4.74 Å². The second-order valence-corrected chi connectivity index (χ2v) is 7.02. The Morgan fingerprint density at radius 3 is 2.39 bits per heavy atom. The largest absolute Gasteiger partial charge is 0.508 e. The first-order valence-corrected chi connectivity index (χ1v) is 9.04. The fraction of sp³-hybridized carbons (Fsp3) is 0.250. The molecule has 11 heteroatoms. The van der Waals surface area contributed by atoms with Gasteiger partial charge >= 0.3 is 0 Å². The molecule has 31 heavy (non-hydrogen) atoms. The molecule has 4 rings (SSSR count). The summed E-state index contributed by atoms with van der Waals surface area (Å²) in [5.74, 6) is -2.64. The maximum atomic E-state index is 12.4. The maximum absolute atomic E-state index is 12.4. The fourth-order valence-electron chi connectivity index (χ4n) is 3.23. The molecule has 0 amide bonds. The van der Waals surface area contributed by atoms with Crippen molar-refractivity contribution in [3.63, 3.8) is 0 Å². The lowest BCUT2D eigenvalue weighted by molar-refractivity contribution is -0.242. The van der Waals surface area contributed by atoms with Crippen LogP contribution < -0.4 is 10.2 Å². The van der Waals surface area contributed by atoms with Gasteiger partial charge in [0.15, 0.2) is 16.9 Å². The lowest BCUT2D eigenvalue weighted by atomic mass is 10.1. The molecule has 2 heterocycles. The standard InChI is InChI=1S/C20H18O11/c21-8-3-9(22)16-10(23)5-13(30-14(16)4-8)7-1-11(24)17(26)15(2-7)31-20-19(28)18(27)12(25)6-29-20/h1-5,12,18-22,24-28H,6H2. The van der Waals surface area contributed by atoms with Gasteiger partial charge in [-0.25, -0.2) is 0 Å². The van der Waals surface area contributed by atoms with Crippen molar-refractivity contribution in [2.75, 3.05) is 6.61 Å². The highest BCUT2D eigenvalue weighted by Crippen LogP contribution is 2.41. The number of hydrogen-bond donors (Lipinski definition) is 7. The van der Waals surface area contributed by atoms with E-state index in [9.17, 15) is 40.5 Å². The highest BCUT2D eigenvalue weighted by atomic mass is 16.7. The molecule has 1 fully saturated rings. The van der Waals surface area contributed by atoms with E-state index in [0.717, 1.165) is 24.3 Å². The number of aromatic hydroxyl groups is 4. The van der Waals surface area contributed by atoms with Gasteiger partial charge in [-0.3, -0.25) is 4.79 Å². The van der Waals surface area contributed by atoms with Gasteiger partial charge in [-0.1, -0.05) is 0 Å². The number of aliphatic hydroxyl groups excluding tert-OH is 3. The van der Waals surface area contributed by atoms with Gasteiger partial charge in [0.2, 0.25) is 12.0 Å². The molecule has 2 aromatic carbocycles. The van der Waals surface area contributed by atoms with Crippen molar-refractivity contribution in [2.45, 2.75) is 24.6 Å². The minimum absolute atomic E-state index is 0.0676. The van der Waals surface area contributed by atoms with Crippen LogP contribution >= 0.6 is 0 Å². The lowest BCUT2D eigenvalue weighted by Gasteiger charge is -2.35. The number of aliphatic hydroxyl groups is 3. The number of fused-ring (bicyclic) bond motifs is 1. The summed E-state index contributed by atoms with van der Waals surface area (Å²) in [6, 6.07) is 5.39. The third kappa shape index (κ3) is 3.70. The predicted octanol–water partition coefficient (Wildman–Crippen LogP) is 0.100. The Morgan fingerprint density at radius 2 is 1.65 bits per heavy atom. The van der Waals surface area contributed by atoms with Gasteiger partial charge in [0.25, 0.3) is 0 Å². The Hall–Kier alpha value is -3.51. The van der Waals surface area contributed by atoms with Crippen molar-refractivity contribution in [3.05, 3.63) is 40.6 Å². The first-order valence-electron chi connectivity index (χ1n) is 9.04. The van der Waals surface area contributed by atoms with E-state index in [-0.39, 0.29) is 40.4 Å². The Morgan fingerprint density at radius 1 is 0.903 bits per heavy atom. The zero-order valence-electron chi connectivity index (χ0n) is 15.7. The van der Waals surface area contributed by atoms with E-state index in [1.165, 1.54) is 6.07 Å². The van der Waals surface area contributed by atoms with E-state index >= 15 is 0 Å². The molecule has 0 saturated carbocycles. The predicted molar refractivity (Wildman–Crippen MR) is 103 cm³/mol. The average Bonchev–Trinajstić information content (AvgIpc) is 2.70. The Labute approximate surface area is 173 Å². The van der Waals surface area contributed by atoms with Gasteiger partial charge < -0.3 is 49.6 Å². The quantitative estimate of drug-likeness (QED) is 0.277. The molecule has 11 nitrogen and oxygen atoms in total. The van der Waals surface area contributed by atoms with E-state index < -0.39 is 47.3 Å². The van der Waals surface area contributed by atoms with Gasteiger partial charge in [-0.2, -0.15) is 0 Å². The van der Waals surface area contributed by atoms with Crippen molar-refractivity contribution in [2.24, 2.45) is 0 Å². The zero-order chi connectivity index (χ0) is 22.4. The number of phenolic OH excluding ortho intramolecular Hbond substituents is 4. The molecule has 4 unspecified atom stereocenters. The van der Waals surface area contributed by atoms with Crippen LogP contribution in [0.3, 0.4) is 0 Å². The van der Waals surface area contributed by atoms with Gasteiger partial charge in [-0.15, -0.1) is 0 Å². The SMILES string of the molecule is O=c1cc(-c2cc(O)c(O)c(OC3OCC(O)C(O)C3O)c2)oc2cc(O)cc(O)c12. The minimum Gasteiger partial charge on any atom is -0.508 e. The summed E-state index contributed by atoms with van der Waals surface area (Å²) in [5, 5.41) is 68.9. The lowest BCUT2D eigenvalue weighted by Crippen LogP contribution is -2.54. The van der Waals surface area contributed by atoms with Crippen molar-refractivity contribution in [3.8, 4) is 40.1 Å². The summed E-state index contributed by atoms with van der Waals surface area (Å²) in [6.45, 7) is -0.345. The van der Waals surface area contributed by atoms with Crippen LogP contribution in [0, 0.1) is 0 Å². The highest BCUT2D eigenvalue weighted by molar-refractivity contribution is 5.86. The van der Waals surface area contributed by atoms with E-state index in [4.69, 9.17) is 13.9 Å². The number of rotatable bonds is 3. The van der Waals surface area contributed by atoms with Crippen molar-refractivity contribution in [1.82, 2.24) is 0 Å². The number of phenols is 4. The molecule has 4 atom stereocenters. The van der Waals surface area contributed by atoms with Gasteiger partial charge in [0, 0.05) is 23.8 Å². The van der Waals surface area contributed by atoms with Gasteiger partial charge in [0.1, 0.15) is 46.5 Å². The van der Waals surface area contributed by atoms with Crippen molar-refractivity contribution >= 4 is 11.0 Å². The molecule has 0 spiro atoms. The minimum atomic E-state index is -1.65. The normalized spacial score (nSPS) is 23.7. The average molecular weight is 434 g/mol. The van der Waals surface area contributed by atoms with Crippen LogP contribution in [0.25, 0.3) is 22.3 Å². The molecule has 0 aliphatic carbocycles. The summed E-state index contributed by atoms with van der Waals surface area (Å²) in [6.07, 6.45) is -6.02. The molecule has 1 aliphatic rings. The van der Waals surface area contributed by atoms with Crippen LogP contribution in [0.1, 0.15) is 0 Å². The second-order valence-electron chi connectivity index (χ2n) is 7.02. The molecule has 1 aromatic heterocycles. The second kappa shape index (κ2) is 7.63. The maximum Gasteiger partial charge on any atom is 0.229 e. The van der Waals surface area contributed by atoms with Crippen LogP contribution in [0.2, 0.25) is 0 Å². The van der Waals surface area contributed by atoms with Crippen LogP contribution in [0.5, 0.6) is 28.7 Å². The van der Waals surface area contributed by atoms with E-state index in [1.807, 2.05) is 0 Å². The monoisotopic (exact) mass is 434 g/mol. The molecule has 0 bridgehead atoms. The summed E-state index contributed by atoms with van der Waals surface area (Å²) < 4.78 is 16.0. The van der Waals surface area contributed by atoms with Gasteiger partial charge in [0.05, 0.1) is 6.61 Å². The summed E-state index contributed by atoms with van der Waals surface area (Å²) in [7, 11) is 0. The van der Waals surface area contributed by atoms with Crippen LogP contribution in [-0.4, -0.2) is 67.0 Å². The molecule has 1 saturated heterocycles. The number of ether oxygens (including phenoxy) is 2. The smallest absolute Gasteiger partial charge is 0.229 e. The highest BCUT2D eigenvalue weighted by Gasteiger charge is 2.39. The number of benzene rings is 2. The summed E-state index contributed by atoms with van der Waals surface area (Å²) in [5.41, 5.74) is -0.692. The van der Waals surface area contributed by atoms with Crippen LogP contribution in [0.15, 0.2) is 39.5 Å². The summed E-state index contributed by atoms with van der Waals surface area (Å²) in [4.78, 5) is 12.4.